The van der Waals surface area contributed by atoms with Crippen molar-refractivity contribution in [2.75, 3.05) is 19.0 Å². The number of amidine groups is 1. The van der Waals surface area contributed by atoms with E-state index in [0.717, 1.165) is 22.9 Å². The molecule has 0 fully saturated rings. The second kappa shape index (κ2) is 17.9. The van der Waals surface area contributed by atoms with Gasteiger partial charge in [-0.3, -0.25) is 19.3 Å². The zero-order chi connectivity index (χ0) is 34.5. The fourth-order valence-corrected chi connectivity index (χ4v) is 6.34. The Kier molecular flexibility index (Phi) is 13.4. The largest absolute Gasteiger partial charge is 0.490 e. The first-order valence-electron chi connectivity index (χ1n) is 15.0. The van der Waals surface area contributed by atoms with E-state index in [4.69, 9.17) is 15.9 Å². The third-order valence-corrected chi connectivity index (χ3v) is 8.60. The van der Waals surface area contributed by atoms with Gasteiger partial charge in [-0.1, -0.05) is 103 Å². The third kappa shape index (κ3) is 9.14. The molecule has 4 rings (SSSR count). The molecule has 3 aromatic carbocycles. The van der Waals surface area contributed by atoms with Crippen LogP contribution in [0.2, 0.25) is 0 Å². The maximum Gasteiger partial charge on any atom is 0.285 e. The first-order chi connectivity index (χ1) is 23.3. The quantitative estimate of drug-likeness (QED) is 0.0656. The number of nitrogens with zero attached hydrogens (tertiary/aromatic N) is 2. The summed E-state index contributed by atoms with van der Waals surface area (Å²) in [5.41, 5.74) is 2.68. The maximum absolute atomic E-state index is 14.1. The highest BCUT2D eigenvalue weighted by atomic mass is 127. The Morgan fingerprint density at radius 2 is 1.77 bits per heavy atom. The Morgan fingerprint density at radius 1 is 1.10 bits per heavy atom. The van der Waals surface area contributed by atoms with Crippen LogP contribution in [-0.2, 0) is 14.4 Å². The fourth-order valence-electron chi connectivity index (χ4n) is 4.75. The summed E-state index contributed by atoms with van der Waals surface area (Å²) in [6.45, 7) is 7.74. The molecular weight excluding hydrogens is 737 g/mol. The molecule has 1 aliphatic heterocycles. The summed E-state index contributed by atoms with van der Waals surface area (Å²) in [5, 5.41) is 3.17. The lowest BCUT2D eigenvalue weighted by Gasteiger charge is -2.28. The molecule has 1 N–H and O–H groups in total. The van der Waals surface area contributed by atoms with Crippen molar-refractivity contribution in [3.05, 3.63) is 135 Å². The normalized spacial score (nSPS) is 14.2. The van der Waals surface area contributed by atoms with Crippen molar-refractivity contribution >= 4 is 63.3 Å². The van der Waals surface area contributed by atoms with Crippen molar-refractivity contribution in [3.8, 4) is 23.8 Å². The number of benzene rings is 3. The summed E-state index contributed by atoms with van der Waals surface area (Å²) in [5.74, 6) is 1.63. The number of rotatable bonds is 13. The zero-order valence-electron chi connectivity index (χ0n) is 26.5. The molecule has 1 aliphatic rings. The smallest absolute Gasteiger partial charge is 0.285 e. The van der Waals surface area contributed by atoms with Crippen LogP contribution in [0.1, 0.15) is 36.6 Å². The van der Waals surface area contributed by atoms with E-state index in [0.29, 0.717) is 32.9 Å². The molecule has 0 saturated heterocycles. The van der Waals surface area contributed by atoms with Gasteiger partial charge in [0.05, 0.1) is 22.0 Å². The molecule has 10 heteroatoms. The van der Waals surface area contributed by atoms with Crippen LogP contribution in [0, 0.1) is 15.9 Å². The number of aliphatic imine (C=N–C) groups is 1. The van der Waals surface area contributed by atoms with E-state index in [9.17, 15) is 14.4 Å². The summed E-state index contributed by atoms with van der Waals surface area (Å²) < 4.78 is 12.1. The average molecular weight is 772 g/mol. The van der Waals surface area contributed by atoms with Crippen molar-refractivity contribution in [3.63, 3.8) is 0 Å². The van der Waals surface area contributed by atoms with Crippen LogP contribution in [0.3, 0.4) is 0 Å². The number of thioether (sulfide) groups is 1. The molecule has 3 amide bonds. The number of ether oxygens (including phenoxy) is 2. The minimum absolute atomic E-state index is 0.0547. The number of hydrogen-bond acceptors (Lipinski definition) is 6. The third-order valence-electron chi connectivity index (χ3n) is 6.86. The Balaban J connectivity index is 1.65. The molecule has 0 atom stereocenters. The average Bonchev–Trinajstić information content (AvgIpc) is 3.09. The highest BCUT2D eigenvalue weighted by Gasteiger charge is 2.35. The van der Waals surface area contributed by atoms with Gasteiger partial charge in [-0.15, -0.1) is 6.42 Å². The van der Waals surface area contributed by atoms with E-state index in [2.05, 4.69) is 45.4 Å². The lowest BCUT2D eigenvalue weighted by molar-refractivity contribution is -0.126. The molecule has 244 valence electrons. The Bertz CT molecular complexity index is 1790. The lowest BCUT2D eigenvalue weighted by atomic mass is 9.99. The predicted molar refractivity (Wildman–Crippen MR) is 200 cm³/mol. The SMILES string of the molecule is C#CCOc1c(I)cc(/C=C2\C(=O)N=C(SCC(=O)NC(c3ccccc3)c3ccccc3)N(C(/C=C\C=C)=C/C)C2=O)cc1OCC. The Labute approximate surface area is 298 Å². The minimum Gasteiger partial charge on any atom is -0.490 e. The van der Waals surface area contributed by atoms with Gasteiger partial charge in [-0.05, 0) is 77.4 Å². The molecule has 1 heterocycles. The summed E-state index contributed by atoms with van der Waals surface area (Å²) in [7, 11) is 0. The Hall–Kier alpha value is -4.86. The Morgan fingerprint density at radius 3 is 2.35 bits per heavy atom. The molecule has 8 nitrogen and oxygen atoms in total. The van der Waals surface area contributed by atoms with E-state index in [-0.39, 0.29) is 29.0 Å². The van der Waals surface area contributed by atoms with Crippen LogP contribution in [0.5, 0.6) is 11.5 Å². The van der Waals surface area contributed by atoms with Gasteiger partial charge in [-0.25, -0.2) is 0 Å². The molecule has 0 aliphatic carbocycles. The number of allylic oxidation sites excluding steroid dienone is 4. The molecule has 0 saturated carbocycles. The van der Waals surface area contributed by atoms with Crippen LogP contribution in [0.15, 0.2) is 120 Å². The minimum atomic E-state index is -0.727. The van der Waals surface area contributed by atoms with Crippen molar-refractivity contribution in [1.82, 2.24) is 10.2 Å². The van der Waals surface area contributed by atoms with Crippen molar-refractivity contribution in [2.24, 2.45) is 4.99 Å². The van der Waals surface area contributed by atoms with Gasteiger partial charge in [0.15, 0.2) is 16.7 Å². The predicted octanol–water partition coefficient (Wildman–Crippen LogP) is 7.10. The van der Waals surface area contributed by atoms with Gasteiger partial charge in [0, 0.05) is 5.70 Å². The number of terminal acetylenes is 1. The summed E-state index contributed by atoms with van der Waals surface area (Å²) in [6.07, 6.45) is 13.5. The number of hydrogen-bond donors (Lipinski definition) is 1. The first-order valence-corrected chi connectivity index (χ1v) is 17.1. The number of carbonyl (C=O) groups is 3. The second-order valence-corrected chi connectivity index (χ2v) is 12.2. The molecule has 3 aromatic rings. The standard InChI is InChI=1S/C38H34IN3O5S/c1-5-9-20-29(7-3)42-37(45)30(22-26-23-31(39)35(47-21-6-2)32(24-26)46-8-4)36(44)41-38(42)48-25-33(43)40-34(27-16-12-10-13-17-27)28-18-14-11-15-19-28/h2,5,7,9-20,22-24,34H,1,8,21,25H2,3-4H3,(H,40,43)/b20-9-,29-7+,30-22+. The molecule has 0 aromatic heterocycles. The zero-order valence-corrected chi connectivity index (χ0v) is 29.5. The number of amides is 3. The molecule has 0 bridgehead atoms. The van der Waals surface area contributed by atoms with E-state index in [1.54, 1.807) is 43.4 Å². The topological polar surface area (TPSA) is 97.3 Å². The van der Waals surface area contributed by atoms with Crippen molar-refractivity contribution < 1.29 is 23.9 Å². The maximum atomic E-state index is 14.1. The van der Waals surface area contributed by atoms with E-state index in [1.807, 2.05) is 67.6 Å². The van der Waals surface area contributed by atoms with E-state index >= 15 is 0 Å². The van der Waals surface area contributed by atoms with Gasteiger partial charge in [0.25, 0.3) is 11.8 Å². The van der Waals surface area contributed by atoms with Crippen LogP contribution < -0.4 is 14.8 Å². The van der Waals surface area contributed by atoms with Gasteiger partial charge < -0.3 is 14.8 Å². The molecular formula is C38H34IN3O5S. The summed E-state index contributed by atoms with van der Waals surface area (Å²) in [6, 6.07) is 22.3. The first kappa shape index (κ1) is 36.0. The highest BCUT2D eigenvalue weighted by Crippen LogP contribution is 2.36. The molecule has 0 spiro atoms. The number of carbonyl (C=O) groups excluding carboxylic acids is 3. The van der Waals surface area contributed by atoms with Crippen LogP contribution in [0.4, 0.5) is 0 Å². The van der Waals surface area contributed by atoms with E-state index < -0.39 is 17.9 Å². The molecule has 0 radical (unpaired) electrons. The summed E-state index contributed by atoms with van der Waals surface area (Å²) >= 11 is 3.09. The van der Waals surface area contributed by atoms with Crippen molar-refractivity contribution in [1.29, 1.82) is 0 Å². The summed E-state index contributed by atoms with van der Waals surface area (Å²) in [4.78, 5) is 46.5. The lowest BCUT2D eigenvalue weighted by Crippen LogP contribution is -2.42. The number of halogens is 1. The van der Waals surface area contributed by atoms with Gasteiger partial charge in [0.1, 0.15) is 12.2 Å². The second-order valence-electron chi connectivity index (χ2n) is 10.1. The number of nitrogens with one attached hydrogen (secondary N) is 1. The van der Waals surface area contributed by atoms with Crippen molar-refractivity contribution in [2.45, 2.75) is 19.9 Å². The van der Waals surface area contributed by atoms with E-state index in [1.165, 1.54) is 11.0 Å². The van der Waals surface area contributed by atoms with Gasteiger partial charge in [0.2, 0.25) is 5.91 Å². The van der Waals surface area contributed by atoms with Gasteiger partial charge >= 0.3 is 0 Å². The van der Waals surface area contributed by atoms with Gasteiger partial charge in [-0.2, -0.15) is 4.99 Å². The van der Waals surface area contributed by atoms with Crippen LogP contribution in [0.25, 0.3) is 6.08 Å². The highest BCUT2D eigenvalue weighted by molar-refractivity contribution is 14.1. The van der Waals surface area contributed by atoms with Crippen LogP contribution >= 0.6 is 34.4 Å². The fraction of sp³-hybridized carbons (Fsp3) is 0.158. The molecule has 48 heavy (non-hydrogen) atoms. The monoisotopic (exact) mass is 771 g/mol. The molecule has 0 unspecified atom stereocenters. The van der Waals surface area contributed by atoms with Crippen LogP contribution in [-0.4, -0.2) is 46.8 Å².